The second-order valence-electron chi connectivity index (χ2n) is 9.59. The molecule has 5 N–H and O–H groups in total. The van der Waals surface area contributed by atoms with Crippen molar-refractivity contribution in [3.8, 4) is 23.4 Å². The predicted molar refractivity (Wildman–Crippen MR) is 161 cm³/mol. The molecular formula is C31H32N8O3. The van der Waals surface area contributed by atoms with Crippen molar-refractivity contribution >= 4 is 28.6 Å². The number of nitrogens with one attached hydrogen (secondary N) is 1. The Labute approximate surface area is 243 Å². The zero-order chi connectivity index (χ0) is 29.8. The topological polar surface area (TPSA) is 158 Å². The molecule has 11 heteroatoms. The summed E-state index contributed by atoms with van der Waals surface area (Å²) in [6.45, 7) is 7.22. The summed E-state index contributed by atoms with van der Waals surface area (Å²) in [5, 5.41) is 7.92. The fraction of sp³-hybridized carbons (Fsp3) is 0.194. The smallest absolute Gasteiger partial charge is 0.327 e. The van der Waals surface area contributed by atoms with Crippen molar-refractivity contribution in [3.63, 3.8) is 0 Å². The van der Waals surface area contributed by atoms with E-state index in [0.717, 1.165) is 5.56 Å². The van der Waals surface area contributed by atoms with Gasteiger partial charge in [-0.05, 0) is 50.6 Å². The zero-order valence-electron chi connectivity index (χ0n) is 23.7. The maximum Gasteiger partial charge on any atom is 0.327 e. The second-order valence-corrected chi connectivity index (χ2v) is 9.59. The highest BCUT2D eigenvalue weighted by Gasteiger charge is 2.23. The van der Waals surface area contributed by atoms with Crippen LogP contribution >= 0.6 is 0 Å². The van der Waals surface area contributed by atoms with Gasteiger partial charge >= 0.3 is 6.01 Å². The third-order valence-corrected chi connectivity index (χ3v) is 6.76. The van der Waals surface area contributed by atoms with E-state index in [1.165, 1.54) is 6.07 Å². The number of fused-ring (bicyclic) bond motifs is 1. The summed E-state index contributed by atoms with van der Waals surface area (Å²) in [4.78, 5) is 29.1. The number of aromatic nitrogens is 4. The fourth-order valence-corrected chi connectivity index (χ4v) is 4.56. The Morgan fingerprint density at radius 1 is 0.952 bits per heavy atom. The predicted octanol–water partition coefficient (Wildman–Crippen LogP) is 5.12. The Balaban J connectivity index is 1.65. The molecule has 0 atom stereocenters. The summed E-state index contributed by atoms with van der Waals surface area (Å²) < 4.78 is 14.3. The molecule has 0 aliphatic carbocycles. The molecule has 0 bridgehead atoms. The van der Waals surface area contributed by atoms with Gasteiger partial charge in [0.15, 0.2) is 11.2 Å². The minimum absolute atomic E-state index is 0.0649. The van der Waals surface area contributed by atoms with E-state index < -0.39 is 0 Å². The number of nitrogens with two attached hydrogens (primary N) is 2. The summed E-state index contributed by atoms with van der Waals surface area (Å²) in [5.74, 6) is 1.10. The van der Waals surface area contributed by atoms with Crippen molar-refractivity contribution in [2.75, 3.05) is 18.8 Å². The molecule has 11 nitrogen and oxygen atoms in total. The van der Waals surface area contributed by atoms with Crippen molar-refractivity contribution in [2.45, 2.75) is 27.3 Å². The molecule has 0 aliphatic rings. The summed E-state index contributed by atoms with van der Waals surface area (Å²) in [6, 6.07) is 21.6. The Bertz CT molecular complexity index is 1760. The highest BCUT2D eigenvalue weighted by Crippen LogP contribution is 2.33. The molecule has 0 fully saturated rings. The van der Waals surface area contributed by atoms with Crippen molar-refractivity contribution in [1.29, 1.82) is 5.41 Å². The van der Waals surface area contributed by atoms with Crippen LogP contribution in [-0.4, -0.2) is 49.3 Å². The van der Waals surface area contributed by atoms with Gasteiger partial charge in [-0.1, -0.05) is 42.5 Å². The van der Waals surface area contributed by atoms with Gasteiger partial charge in [-0.3, -0.25) is 10.2 Å². The van der Waals surface area contributed by atoms with Gasteiger partial charge in [0.25, 0.3) is 11.8 Å². The van der Waals surface area contributed by atoms with Crippen molar-refractivity contribution in [2.24, 2.45) is 5.73 Å². The number of hydrogen-bond donors (Lipinski definition) is 3. The van der Waals surface area contributed by atoms with E-state index in [1.54, 1.807) is 41.3 Å². The average molecular weight is 565 g/mol. The van der Waals surface area contributed by atoms with E-state index in [4.69, 9.17) is 36.3 Å². The van der Waals surface area contributed by atoms with Gasteiger partial charge in [-0.2, -0.15) is 9.97 Å². The summed E-state index contributed by atoms with van der Waals surface area (Å²) in [5.41, 5.74) is 14.9. The minimum atomic E-state index is -0.229. The van der Waals surface area contributed by atoms with Gasteiger partial charge in [0.1, 0.15) is 23.2 Å². The maximum absolute atomic E-state index is 13.4. The number of imidazole rings is 1. The molecule has 0 saturated carbocycles. The molecule has 0 saturated heterocycles. The molecule has 0 radical (unpaired) electrons. The quantitative estimate of drug-likeness (QED) is 0.120. The van der Waals surface area contributed by atoms with E-state index in [1.807, 2.05) is 55.7 Å². The second kappa shape index (κ2) is 12.0. The highest BCUT2D eigenvalue weighted by molar-refractivity contribution is 6.00. The van der Waals surface area contributed by atoms with Crippen LogP contribution < -0.4 is 20.9 Å². The molecule has 0 unspecified atom stereocenters. The van der Waals surface area contributed by atoms with Crippen LogP contribution in [0.5, 0.6) is 23.4 Å². The van der Waals surface area contributed by atoms with Crippen molar-refractivity contribution < 1.29 is 14.3 Å². The van der Waals surface area contributed by atoms with Crippen LogP contribution in [0.3, 0.4) is 0 Å². The Morgan fingerprint density at radius 2 is 1.71 bits per heavy atom. The van der Waals surface area contributed by atoms with Gasteiger partial charge in [0.2, 0.25) is 0 Å². The number of anilines is 1. The van der Waals surface area contributed by atoms with Crippen molar-refractivity contribution in [1.82, 2.24) is 24.4 Å². The third-order valence-electron chi connectivity index (χ3n) is 6.76. The molecule has 214 valence electrons. The van der Waals surface area contributed by atoms with Gasteiger partial charge in [0.05, 0.1) is 12.1 Å². The van der Waals surface area contributed by atoms with Crippen LogP contribution in [-0.2, 0) is 6.54 Å². The van der Waals surface area contributed by atoms with Crippen LogP contribution in [0.2, 0.25) is 0 Å². The zero-order valence-corrected chi connectivity index (χ0v) is 23.7. The number of carbonyl (C=O) groups is 1. The fourth-order valence-electron chi connectivity index (χ4n) is 4.56. The SMILES string of the molecule is CCN(CC)C(=O)c1ccc(C(=N)N)cc1Oc1nc(Oc2cccc(N)c2)c2nc(C)n(Cc3ccccc3)c2n1. The summed E-state index contributed by atoms with van der Waals surface area (Å²) in [7, 11) is 0. The van der Waals surface area contributed by atoms with E-state index >= 15 is 0 Å². The Morgan fingerprint density at radius 3 is 2.40 bits per heavy atom. The number of nitrogens with zero attached hydrogens (tertiary/aromatic N) is 5. The van der Waals surface area contributed by atoms with E-state index in [0.29, 0.717) is 59.2 Å². The standard InChI is InChI=1S/C31H32N8O3/c1-4-38(5-2)30(40)24-15-14-21(27(33)34)16-25(24)42-31-36-28-26(29(37-31)41-23-13-9-12-22(32)17-23)35-19(3)39(28)18-20-10-7-6-8-11-20/h6-17H,4-5,18,32H2,1-3H3,(H3,33,34). The molecule has 2 aromatic heterocycles. The number of carbonyl (C=O) groups excluding carboxylic acids is 1. The first-order valence-corrected chi connectivity index (χ1v) is 13.5. The van der Waals surface area contributed by atoms with Crippen LogP contribution in [0.25, 0.3) is 11.2 Å². The molecular weight excluding hydrogens is 532 g/mol. The van der Waals surface area contributed by atoms with E-state index in [9.17, 15) is 4.79 Å². The average Bonchev–Trinajstić information content (AvgIpc) is 3.29. The van der Waals surface area contributed by atoms with Crippen LogP contribution in [0.1, 0.15) is 41.2 Å². The first kappa shape index (κ1) is 28.1. The van der Waals surface area contributed by atoms with E-state index in [-0.39, 0.29) is 29.4 Å². The molecule has 0 aliphatic heterocycles. The number of rotatable bonds is 10. The van der Waals surface area contributed by atoms with Crippen LogP contribution in [0, 0.1) is 12.3 Å². The van der Waals surface area contributed by atoms with Gasteiger partial charge in [0, 0.05) is 30.4 Å². The lowest BCUT2D eigenvalue weighted by molar-refractivity contribution is 0.0770. The first-order valence-electron chi connectivity index (χ1n) is 13.5. The molecule has 42 heavy (non-hydrogen) atoms. The largest absolute Gasteiger partial charge is 0.437 e. The van der Waals surface area contributed by atoms with Gasteiger partial charge in [-0.15, -0.1) is 0 Å². The monoisotopic (exact) mass is 564 g/mol. The summed E-state index contributed by atoms with van der Waals surface area (Å²) >= 11 is 0. The molecule has 3 aromatic carbocycles. The number of hydrogen-bond acceptors (Lipinski definition) is 8. The van der Waals surface area contributed by atoms with Crippen LogP contribution in [0.15, 0.2) is 72.8 Å². The third kappa shape index (κ3) is 5.85. The number of amides is 1. The van der Waals surface area contributed by atoms with Gasteiger partial charge < -0.3 is 30.4 Å². The number of amidine groups is 1. The Hall–Kier alpha value is -5.45. The van der Waals surface area contributed by atoms with Gasteiger partial charge in [-0.25, -0.2) is 4.98 Å². The lowest BCUT2D eigenvalue weighted by atomic mass is 10.1. The molecule has 5 rings (SSSR count). The lowest BCUT2D eigenvalue weighted by Crippen LogP contribution is -2.30. The minimum Gasteiger partial charge on any atom is -0.437 e. The number of benzene rings is 3. The maximum atomic E-state index is 13.4. The van der Waals surface area contributed by atoms with E-state index in [2.05, 4.69) is 4.98 Å². The molecule has 2 heterocycles. The normalized spacial score (nSPS) is 10.9. The highest BCUT2D eigenvalue weighted by atomic mass is 16.5. The Kier molecular flexibility index (Phi) is 8.00. The van der Waals surface area contributed by atoms with Crippen molar-refractivity contribution in [3.05, 3.63) is 95.3 Å². The first-order chi connectivity index (χ1) is 20.3. The molecule has 0 spiro atoms. The molecule has 1 amide bonds. The molecule has 5 aromatic rings. The number of ether oxygens (including phenoxy) is 2. The summed E-state index contributed by atoms with van der Waals surface area (Å²) in [6.07, 6.45) is 0. The van der Waals surface area contributed by atoms with Crippen LogP contribution in [0.4, 0.5) is 5.69 Å². The lowest BCUT2D eigenvalue weighted by Gasteiger charge is -2.20. The number of nitrogen functional groups attached to an aromatic ring is 2. The number of aryl methyl sites for hydroxylation is 1.